The summed E-state index contributed by atoms with van der Waals surface area (Å²) in [5, 5.41) is 0. The van der Waals surface area contributed by atoms with Crippen LogP contribution in [-0.4, -0.2) is 23.5 Å². The molecule has 4 unspecified atom stereocenters. The number of anilines is 1. The second kappa shape index (κ2) is 12.3. The lowest BCUT2D eigenvalue weighted by Crippen LogP contribution is -2.45. The van der Waals surface area contributed by atoms with Crippen molar-refractivity contribution >= 4 is 24.0 Å². The van der Waals surface area contributed by atoms with Gasteiger partial charge in [0.05, 0.1) is 0 Å². The zero-order chi connectivity index (χ0) is 24.1. The van der Waals surface area contributed by atoms with Crippen LogP contribution < -0.4 is 10.6 Å². The van der Waals surface area contributed by atoms with Crippen LogP contribution in [0.4, 0.5) is 5.69 Å². The topological polar surface area (TPSA) is 59.2 Å². The summed E-state index contributed by atoms with van der Waals surface area (Å²) in [5.41, 5.74) is 12.2. The Balaban J connectivity index is 0.00000342. The minimum absolute atomic E-state index is 0. The minimum Gasteiger partial charge on any atom is -0.326 e. The molecule has 0 saturated heterocycles. The third-order valence-corrected chi connectivity index (χ3v) is 7.21. The Hall–Kier alpha value is -2.69. The van der Waals surface area contributed by atoms with Crippen molar-refractivity contribution < 1.29 is 4.79 Å². The Labute approximate surface area is 216 Å². The van der Waals surface area contributed by atoms with Gasteiger partial charge in [-0.15, -0.1) is 12.4 Å². The number of nitrogens with two attached hydrogens (primary N) is 1. The number of hydrogen-bond donors (Lipinski definition) is 1. The molecule has 0 aliphatic heterocycles. The van der Waals surface area contributed by atoms with E-state index < -0.39 is 0 Å². The third kappa shape index (κ3) is 6.50. The Morgan fingerprint density at radius 2 is 1.69 bits per heavy atom. The van der Waals surface area contributed by atoms with E-state index in [1.807, 2.05) is 23.1 Å². The molecule has 2 aromatic carbocycles. The number of carbonyl (C=O) groups excluding carboxylic acids is 1. The first-order valence-electron chi connectivity index (χ1n) is 12.7. The van der Waals surface area contributed by atoms with Gasteiger partial charge in [-0.1, -0.05) is 76.1 Å². The van der Waals surface area contributed by atoms with Crippen molar-refractivity contribution in [1.29, 1.82) is 0 Å². The number of aryl methyl sites for hydroxylation is 1. The number of halogens is 1. The van der Waals surface area contributed by atoms with Crippen LogP contribution in [0.2, 0.25) is 0 Å². The first kappa shape index (κ1) is 26.9. The van der Waals surface area contributed by atoms with E-state index in [9.17, 15) is 4.79 Å². The molecular formula is C30H38ClN3O. The highest BCUT2D eigenvalue weighted by atomic mass is 35.5. The lowest BCUT2D eigenvalue weighted by atomic mass is 9.98. The molecule has 0 radical (unpaired) electrons. The SMILES string of the molecule is CCCc1ccc(-c2ccc(N(CC(N)C(C)CC)C(=O)C3CC3c3ccccn3)cc2)cc1.Cl. The standard InChI is InChI=1S/C30H37N3O.ClH/c1-4-8-22-10-12-23(13-11-22)24-14-16-25(17-15-24)33(20-28(31)21(3)5-2)30(34)27-19-26(27)29-9-6-7-18-32-29;/h6-7,9-18,21,26-28H,4-5,8,19-20,31H2,1-3H3;1H. The molecule has 186 valence electrons. The molecule has 0 bridgehead atoms. The highest BCUT2D eigenvalue weighted by Crippen LogP contribution is 2.48. The number of hydrogen-bond acceptors (Lipinski definition) is 3. The summed E-state index contributed by atoms with van der Waals surface area (Å²) in [6.07, 6.45) is 5.91. The maximum absolute atomic E-state index is 13.6. The smallest absolute Gasteiger partial charge is 0.230 e. The van der Waals surface area contributed by atoms with Gasteiger partial charge >= 0.3 is 0 Å². The van der Waals surface area contributed by atoms with Crippen LogP contribution in [0.1, 0.15) is 57.2 Å². The summed E-state index contributed by atoms with van der Waals surface area (Å²) in [6, 6.07) is 23.0. The number of carbonyl (C=O) groups is 1. The van der Waals surface area contributed by atoms with Crippen molar-refractivity contribution in [2.45, 2.75) is 58.4 Å². The van der Waals surface area contributed by atoms with Crippen molar-refractivity contribution in [2.75, 3.05) is 11.4 Å². The average molecular weight is 492 g/mol. The molecule has 1 heterocycles. The Morgan fingerprint density at radius 3 is 2.26 bits per heavy atom. The second-order valence-electron chi connectivity index (χ2n) is 9.70. The van der Waals surface area contributed by atoms with Crippen molar-refractivity contribution in [2.24, 2.45) is 17.6 Å². The molecule has 1 fully saturated rings. The largest absolute Gasteiger partial charge is 0.326 e. The third-order valence-electron chi connectivity index (χ3n) is 7.21. The average Bonchev–Trinajstić information content (AvgIpc) is 3.69. The van der Waals surface area contributed by atoms with E-state index in [-0.39, 0.29) is 36.2 Å². The molecule has 1 saturated carbocycles. The molecule has 1 amide bonds. The first-order valence-corrected chi connectivity index (χ1v) is 12.7. The van der Waals surface area contributed by atoms with Gasteiger partial charge in [-0.05, 0) is 59.7 Å². The van der Waals surface area contributed by atoms with Gasteiger partial charge in [0.25, 0.3) is 0 Å². The van der Waals surface area contributed by atoms with E-state index in [2.05, 4.69) is 74.3 Å². The Morgan fingerprint density at radius 1 is 1.03 bits per heavy atom. The fraction of sp³-hybridized carbons (Fsp3) is 0.400. The van der Waals surface area contributed by atoms with Crippen molar-refractivity contribution in [3.05, 3.63) is 84.2 Å². The first-order chi connectivity index (χ1) is 16.5. The molecule has 4 rings (SSSR count). The van der Waals surface area contributed by atoms with E-state index in [0.29, 0.717) is 12.5 Å². The summed E-state index contributed by atoms with van der Waals surface area (Å²) in [4.78, 5) is 20.0. The molecule has 1 aromatic heterocycles. The van der Waals surface area contributed by atoms with E-state index in [1.54, 1.807) is 6.20 Å². The number of benzene rings is 2. The molecule has 1 aliphatic carbocycles. The normalized spacial score (nSPS) is 18.3. The molecule has 4 atom stereocenters. The van der Waals surface area contributed by atoms with Crippen molar-refractivity contribution in [3.63, 3.8) is 0 Å². The predicted octanol–water partition coefficient (Wildman–Crippen LogP) is 6.63. The number of rotatable bonds is 10. The van der Waals surface area contributed by atoms with Crippen molar-refractivity contribution in [1.82, 2.24) is 4.98 Å². The molecular weight excluding hydrogens is 454 g/mol. The van der Waals surface area contributed by atoms with E-state index >= 15 is 0 Å². The van der Waals surface area contributed by atoms with Crippen LogP contribution in [0.15, 0.2) is 72.9 Å². The van der Waals surface area contributed by atoms with Gasteiger partial charge in [-0.3, -0.25) is 9.78 Å². The fourth-order valence-corrected chi connectivity index (χ4v) is 4.59. The molecule has 4 nitrogen and oxygen atoms in total. The summed E-state index contributed by atoms with van der Waals surface area (Å²) in [5.74, 6) is 0.690. The lowest BCUT2D eigenvalue weighted by molar-refractivity contribution is -0.120. The van der Waals surface area contributed by atoms with Crippen LogP contribution in [0.5, 0.6) is 0 Å². The summed E-state index contributed by atoms with van der Waals surface area (Å²) < 4.78 is 0. The van der Waals surface area contributed by atoms with E-state index in [4.69, 9.17) is 5.73 Å². The van der Waals surface area contributed by atoms with E-state index in [1.165, 1.54) is 11.1 Å². The van der Waals surface area contributed by atoms with Gasteiger partial charge in [-0.25, -0.2) is 0 Å². The van der Waals surface area contributed by atoms with E-state index in [0.717, 1.165) is 42.6 Å². The summed E-state index contributed by atoms with van der Waals surface area (Å²) in [7, 11) is 0. The van der Waals surface area contributed by atoms with Crippen LogP contribution in [0.3, 0.4) is 0 Å². The van der Waals surface area contributed by atoms with Crippen LogP contribution >= 0.6 is 12.4 Å². The predicted molar refractivity (Wildman–Crippen MR) is 148 cm³/mol. The Kier molecular flexibility index (Phi) is 9.47. The van der Waals surface area contributed by atoms with Gasteiger partial charge in [-0.2, -0.15) is 0 Å². The lowest BCUT2D eigenvalue weighted by Gasteiger charge is -2.29. The van der Waals surface area contributed by atoms with Crippen LogP contribution in [0.25, 0.3) is 11.1 Å². The number of amides is 1. The molecule has 35 heavy (non-hydrogen) atoms. The zero-order valence-corrected chi connectivity index (χ0v) is 21.9. The van der Waals surface area contributed by atoms with Crippen LogP contribution in [0, 0.1) is 11.8 Å². The summed E-state index contributed by atoms with van der Waals surface area (Å²) in [6.45, 7) is 7.04. The highest BCUT2D eigenvalue weighted by molar-refractivity contribution is 5.97. The van der Waals surface area contributed by atoms with Gasteiger partial charge in [0, 0.05) is 42.0 Å². The highest BCUT2D eigenvalue weighted by Gasteiger charge is 2.47. The molecule has 3 aromatic rings. The maximum atomic E-state index is 13.6. The van der Waals surface area contributed by atoms with Gasteiger partial charge in [0.15, 0.2) is 0 Å². The maximum Gasteiger partial charge on any atom is 0.230 e. The number of pyridine rings is 1. The monoisotopic (exact) mass is 491 g/mol. The second-order valence-corrected chi connectivity index (χ2v) is 9.70. The zero-order valence-electron chi connectivity index (χ0n) is 21.1. The fourth-order valence-electron chi connectivity index (χ4n) is 4.59. The summed E-state index contributed by atoms with van der Waals surface area (Å²) >= 11 is 0. The number of nitrogens with zero attached hydrogens (tertiary/aromatic N) is 2. The molecule has 0 spiro atoms. The Bertz CT molecular complexity index is 1070. The van der Waals surface area contributed by atoms with Crippen molar-refractivity contribution in [3.8, 4) is 11.1 Å². The quantitative estimate of drug-likeness (QED) is 0.346. The van der Waals surface area contributed by atoms with Gasteiger partial charge in [0.1, 0.15) is 0 Å². The van der Waals surface area contributed by atoms with Crippen LogP contribution in [-0.2, 0) is 11.2 Å². The number of aromatic nitrogens is 1. The van der Waals surface area contributed by atoms with Gasteiger partial charge in [0.2, 0.25) is 5.91 Å². The minimum atomic E-state index is -0.0632. The molecule has 5 heteroatoms. The molecule has 1 aliphatic rings. The molecule has 2 N–H and O–H groups in total. The van der Waals surface area contributed by atoms with Gasteiger partial charge < -0.3 is 10.6 Å².